The van der Waals surface area contributed by atoms with Crippen LogP contribution in [0, 0.1) is 11.3 Å². The Morgan fingerprint density at radius 2 is 1.92 bits per heavy atom. The molecule has 7 heteroatoms. The Balaban J connectivity index is 1.64. The molecule has 1 aromatic heterocycles. The van der Waals surface area contributed by atoms with E-state index in [1.165, 1.54) is 0 Å². The number of nitrogens with one attached hydrogen (secondary N) is 2. The molecule has 7 nitrogen and oxygen atoms in total. The lowest BCUT2D eigenvalue weighted by Gasteiger charge is -2.07. The predicted molar refractivity (Wildman–Crippen MR) is 86.2 cm³/mol. The Kier molecular flexibility index (Phi) is 4.21. The molecule has 0 aliphatic rings. The fraction of sp³-hybridized carbons (Fsp3) is 0.0588. The molecule has 2 aromatic carbocycles. The number of amides is 1. The molecule has 0 radical (unpaired) electrons. The summed E-state index contributed by atoms with van der Waals surface area (Å²) in [7, 11) is 0. The van der Waals surface area contributed by atoms with Gasteiger partial charge in [-0.25, -0.2) is 4.79 Å². The summed E-state index contributed by atoms with van der Waals surface area (Å²) in [6.45, 7) is -0.472. The number of carbonyl (C=O) groups is 2. The zero-order chi connectivity index (χ0) is 16.9. The molecule has 0 aliphatic heterocycles. The Bertz CT molecular complexity index is 956. The highest BCUT2D eigenvalue weighted by atomic mass is 16.5. The Morgan fingerprint density at radius 1 is 1.17 bits per heavy atom. The van der Waals surface area contributed by atoms with E-state index in [2.05, 4.69) is 15.5 Å². The number of para-hydroxylation sites is 2. The van der Waals surface area contributed by atoms with Crippen LogP contribution in [-0.2, 0) is 9.53 Å². The minimum absolute atomic E-state index is 0.121. The maximum atomic E-state index is 12.1. The summed E-state index contributed by atoms with van der Waals surface area (Å²) in [5, 5.41) is 18.8. The van der Waals surface area contributed by atoms with Gasteiger partial charge in [0.05, 0.1) is 16.8 Å². The van der Waals surface area contributed by atoms with E-state index < -0.39 is 18.5 Å². The van der Waals surface area contributed by atoms with E-state index in [0.717, 1.165) is 0 Å². The third kappa shape index (κ3) is 3.08. The summed E-state index contributed by atoms with van der Waals surface area (Å²) < 4.78 is 4.99. The molecule has 2 N–H and O–H groups in total. The topological polar surface area (TPSA) is 108 Å². The first-order valence-corrected chi connectivity index (χ1v) is 7.08. The lowest BCUT2D eigenvalue weighted by atomic mass is 10.2. The molecule has 1 heterocycles. The van der Waals surface area contributed by atoms with Crippen LogP contribution < -0.4 is 5.32 Å². The minimum Gasteiger partial charge on any atom is -0.451 e. The van der Waals surface area contributed by atoms with Crippen LogP contribution in [0.4, 0.5) is 5.69 Å². The average molecular weight is 320 g/mol. The number of H-pyrrole nitrogens is 1. The number of fused-ring (bicyclic) bond motifs is 1. The number of nitriles is 1. The highest BCUT2D eigenvalue weighted by Crippen LogP contribution is 2.16. The van der Waals surface area contributed by atoms with Gasteiger partial charge in [-0.15, -0.1) is 0 Å². The third-order valence-electron chi connectivity index (χ3n) is 3.32. The number of anilines is 1. The summed E-state index contributed by atoms with van der Waals surface area (Å²) in [6.07, 6.45) is 0. The maximum Gasteiger partial charge on any atom is 0.359 e. The number of aromatic nitrogens is 2. The normalized spacial score (nSPS) is 10.1. The summed E-state index contributed by atoms with van der Waals surface area (Å²) in [5.74, 6) is -1.23. The highest BCUT2D eigenvalue weighted by molar-refractivity contribution is 6.03. The van der Waals surface area contributed by atoms with Gasteiger partial charge in [-0.3, -0.25) is 9.89 Å². The number of hydrogen-bond donors (Lipinski definition) is 2. The second-order valence-electron chi connectivity index (χ2n) is 4.90. The molecule has 0 unspecified atom stereocenters. The molecule has 0 spiro atoms. The average Bonchev–Trinajstić information content (AvgIpc) is 3.04. The van der Waals surface area contributed by atoms with Crippen molar-refractivity contribution in [1.82, 2.24) is 10.2 Å². The zero-order valence-corrected chi connectivity index (χ0v) is 12.4. The minimum atomic E-state index is -0.698. The van der Waals surface area contributed by atoms with Crippen molar-refractivity contribution in [3.63, 3.8) is 0 Å². The van der Waals surface area contributed by atoms with E-state index in [4.69, 9.17) is 10.00 Å². The number of ether oxygens (including phenoxy) is 1. The monoisotopic (exact) mass is 320 g/mol. The predicted octanol–water partition coefficient (Wildman–Crippen LogP) is 2.23. The number of aromatic amines is 1. The van der Waals surface area contributed by atoms with Crippen LogP contribution in [0.5, 0.6) is 0 Å². The fourth-order valence-corrected chi connectivity index (χ4v) is 2.19. The van der Waals surface area contributed by atoms with E-state index in [0.29, 0.717) is 22.2 Å². The van der Waals surface area contributed by atoms with Gasteiger partial charge >= 0.3 is 5.97 Å². The summed E-state index contributed by atoms with van der Waals surface area (Å²) in [5.41, 5.74) is 1.52. The molecule has 3 aromatic rings. The number of rotatable bonds is 4. The number of hydrogen-bond acceptors (Lipinski definition) is 5. The SMILES string of the molecule is N#Cc1ccccc1NC(=O)COC(=O)c1n[nH]c2ccccc12. The Hall–Kier alpha value is -3.66. The number of nitrogens with zero attached hydrogens (tertiary/aromatic N) is 2. The Labute approximate surface area is 136 Å². The first-order valence-electron chi connectivity index (χ1n) is 7.08. The van der Waals surface area contributed by atoms with E-state index in [1.54, 1.807) is 42.5 Å². The van der Waals surface area contributed by atoms with Crippen molar-refractivity contribution in [3.8, 4) is 6.07 Å². The smallest absolute Gasteiger partial charge is 0.359 e. The van der Waals surface area contributed by atoms with Crippen LogP contribution in [-0.4, -0.2) is 28.7 Å². The van der Waals surface area contributed by atoms with E-state index in [9.17, 15) is 9.59 Å². The molecular weight excluding hydrogens is 308 g/mol. The molecule has 0 saturated carbocycles. The molecule has 24 heavy (non-hydrogen) atoms. The lowest BCUT2D eigenvalue weighted by molar-refractivity contribution is -0.119. The van der Waals surface area contributed by atoms with Crippen molar-refractivity contribution in [2.24, 2.45) is 0 Å². The second-order valence-corrected chi connectivity index (χ2v) is 4.90. The van der Waals surface area contributed by atoms with Gasteiger partial charge in [-0.1, -0.05) is 30.3 Å². The summed E-state index contributed by atoms with van der Waals surface area (Å²) in [6, 6.07) is 15.6. The molecule has 0 atom stereocenters. The highest BCUT2D eigenvalue weighted by Gasteiger charge is 2.17. The molecule has 3 rings (SSSR count). The van der Waals surface area contributed by atoms with Crippen LogP contribution in [0.25, 0.3) is 10.9 Å². The number of benzene rings is 2. The molecule has 0 bridgehead atoms. The quantitative estimate of drug-likeness (QED) is 0.717. The molecular formula is C17H12N4O3. The molecule has 0 aliphatic carbocycles. The molecule has 0 fully saturated rings. The van der Waals surface area contributed by atoms with Gasteiger partial charge in [-0.2, -0.15) is 10.4 Å². The largest absolute Gasteiger partial charge is 0.451 e. The van der Waals surface area contributed by atoms with Gasteiger partial charge in [0, 0.05) is 5.39 Å². The first kappa shape index (κ1) is 15.2. The van der Waals surface area contributed by atoms with Gasteiger partial charge < -0.3 is 10.1 Å². The maximum absolute atomic E-state index is 12.1. The van der Waals surface area contributed by atoms with E-state index >= 15 is 0 Å². The molecule has 0 saturated heterocycles. The van der Waals surface area contributed by atoms with Crippen LogP contribution in [0.2, 0.25) is 0 Å². The van der Waals surface area contributed by atoms with Crippen molar-refractivity contribution in [1.29, 1.82) is 5.26 Å². The van der Waals surface area contributed by atoms with Crippen LogP contribution in [0.1, 0.15) is 16.1 Å². The fourth-order valence-electron chi connectivity index (χ4n) is 2.19. The third-order valence-corrected chi connectivity index (χ3v) is 3.32. The van der Waals surface area contributed by atoms with E-state index in [-0.39, 0.29) is 5.69 Å². The van der Waals surface area contributed by atoms with Gasteiger partial charge in [0.15, 0.2) is 12.3 Å². The van der Waals surface area contributed by atoms with Crippen molar-refractivity contribution >= 4 is 28.5 Å². The second kappa shape index (κ2) is 6.62. The van der Waals surface area contributed by atoms with Crippen molar-refractivity contribution in [3.05, 3.63) is 59.8 Å². The summed E-state index contributed by atoms with van der Waals surface area (Å²) in [4.78, 5) is 24.0. The van der Waals surface area contributed by atoms with Crippen molar-refractivity contribution in [2.75, 3.05) is 11.9 Å². The van der Waals surface area contributed by atoms with E-state index in [1.807, 2.05) is 12.1 Å². The molecule has 118 valence electrons. The summed E-state index contributed by atoms with van der Waals surface area (Å²) >= 11 is 0. The number of carbonyl (C=O) groups excluding carboxylic acids is 2. The lowest BCUT2D eigenvalue weighted by Crippen LogP contribution is -2.21. The first-order chi connectivity index (χ1) is 11.7. The molecule has 1 amide bonds. The standard InChI is InChI=1S/C17H12N4O3/c18-9-11-5-1-3-7-13(11)19-15(22)10-24-17(23)16-12-6-2-4-8-14(12)20-21-16/h1-8H,10H2,(H,19,22)(H,20,21). The van der Waals surface area contributed by atoms with Crippen molar-refractivity contribution in [2.45, 2.75) is 0 Å². The van der Waals surface area contributed by atoms with Gasteiger partial charge in [0.25, 0.3) is 5.91 Å². The van der Waals surface area contributed by atoms with Crippen LogP contribution in [0.15, 0.2) is 48.5 Å². The zero-order valence-electron chi connectivity index (χ0n) is 12.4. The van der Waals surface area contributed by atoms with Gasteiger partial charge in [0.1, 0.15) is 6.07 Å². The number of esters is 1. The Morgan fingerprint density at radius 3 is 2.75 bits per heavy atom. The van der Waals surface area contributed by atoms with Crippen LogP contribution >= 0.6 is 0 Å². The van der Waals surface area contributed by atoms with Crippen LogP contribution in [0.3, 0.4) is 0 Å². The van der Waals surface area contributed by atoms with Gasteiger partial charge in [0.2, 0.25) is 0 Å². The van der Waals surface area contributed by atoms with Gasteiger partial charge in [-0.05, 0) is 18.2 Å². The van der Waals surface area contributed by atoms with Crippen molar-refractivity contribution < 1.29 is 14.3 Å².